The quantitative estimate of drug-likeness (QED) is 0.112. The highest BCUT2D eigenvalue weighted by Crippen LogP contribution is 2.32. The molecule has 9 nitrogen and oxygen atoms in total. The standard InChI is InChI=1S/C35H39F3N8O/c1-5-45(6-2)19-10-9-18-39-31-24(4)32(41-22-40-31)46-30-15-8-7-14-28(30)43-34(46)44-29-21-27(17-16-23(29)3)42-33(47)25-12-11-13-26(20-25)35(36,37)38/h7-8,11-17,20-22H,5-6,9-10,18-19H2,1-4H3,(H,42,47)(H,43,44)(H,39,40,41). The molecule has 12 heteroatoms. The molecule has 0 aliphatic rings. The lowest BCUT2D eigenvalue weighted by atomic mass is 10.1. The molecule has 5 aromatic rings. The van der Waals surface area contributed by atoms with E-state index in [2.05, 4.69) is 44.7 Å². The van der Waals surface area contributed by atoms with Crippen LogP contribution < -0.4 is 16.0 Å². The predicted molar refractivity (Wildman–Crippen MR) is 181 cm³/mol. The zero-order chi connectivity index (χ0) is 33.6. The summed E-state index contributed by atoms with van der Waals surface area (Å²) >= 11 is 0. The first kappa shape index (κ1) is 33.4. The van der Waals surface area contributed by atoms with Gasteiger partial charge < -0.3 is 20.9 Å². The van der Waals surface area contributed by atoms with Crippen LogP contribution in [0.4, 0.5) is 36.3 Å². The number of amides is 1. The molecule has 3 N–H and O–H groups in total. The minimum Gasteiger partial charge on any atom is -0.370 e. The Balaban J connectivity index is 1.40. The Labute approximate surface area is 272 Å². The first-order valence-corrected chi connectivity index (χ1v) is 15.7. The second-order valence-corrected chi connectivity index (χ2v) is 11.3. The Kier molecular flexibility index (Phi) is 10.4. The van der Waals surface area contributed by atoms with E-state index < -0.39 is 17.6 Å². The molecule has 2 heterocycles. The van der Waals surface area contributed by atoms with Gasteiger partial charge in [-0.3, -0.25) is 9.36 Å². The molecule has 1 amide bonds. The number of rotatable bonds is 13. The molecule has 5 rings (SSSR count). The maximum atomic E-state index is 13.2. The van der Waals surface area contributed by atoms with Crippen LogP contribution in [0.3, 0.4) is 0 Å². The Bertz CT molecular complexity index is 1850. The number of nitrogens with one attached hydrogen (secondary N) is 3. The molecule has 0 aliphatic heterocycles. The molecule has 0 spiro atoms. The lowest BCUT2D eigenvalue weighted by Gasteiger charge is -2.18. The average Bonchev–Trinajstić information content (AvgIpc) is 3.42. The van der Waals surface area contributed by atoms with Gasteiger partial charge in [0.05, 0.1) is 16.6 Å². The number of halogens is 3. The molecule has 0 radical (unpaired) electrons. The number of imidazole rings is 1. The minimum atomic E-state index is -4.55. The predicted octanol–water partition coefficient (Wildman–Crippen LogP) is 7.98. The van der Waals surface area contributed by atoms with E-state index >= 15 is 0 Å². The molecular weight excluding hydrogens is 605 g/mol. The highest BCUT2D eigenvalue weighted by atomic mass is 19.4. The van der Waals surface area contributed by atoms with Gasteiger partial charge >= 0.3 is 6.18 Å². The van der Waals surface area contributed by atoms with Crippen LogP contribution >= 0.6 is 0 Å². The number of nitrogens with zero attached hydrogens (tertiary/aromatic N) is 5. The zero-order valence-electron chi connectivity index (χ0n) is 26.9. The summed E-state index contributed by atoms with van der Waals surface area (Å²) in [5.74, 6) is 1.26. The second-order valence-electron chi connectivity index (χ2n) is 11.3. The molecule has 3 aromatic carbocycles. The van der Waals surface area contributed by atoms with Gasteiger partial charge in [-0.25, -0.2) is 15.0 Å². The van der Waals surface area contributed by atoms with Crippen molar-refractivity contribution in [3.63, 3.8) is 0 Å². The third-order valence-electron chi connectivity index (χ3n) is 8.11. The van der Waals surface area contributed by atoms with Crippen LogP contribution in [-0.4, -0.2) is 56.5 Å². The summed E-state index contributed by atoms with van der Waals surface area (Å²) < 4.78 is 41.6. The molecule has 0 atom stereocenters. The van der Waals surface area contributed by atoms with Gasteiger partial charge in [0.1, 0.15) is 18.0 Å². The number of hydrogen-bond acceptors (Lipinski definition) is 7. The Morgan fingerprint density at radius 1 is 0.936 bits per heavy atom. The van der Waals surface area contributed by atoms with Gasteiger partial charge in [0.25, 0.3) is 5.91 Å². The van der Waals surface area contributed by atoms with Gasteiger partial charge in [0.2, 0.25) is 5.95 Å². The molecule has 0 unspecified atom stereocenters. The molecule has 246 valence electrons. The van der Waals surface area contributed by atoms with Gasteiger partial charge in [0, 0.05) is 29.0 Å². The number of para-hydroxylation sites is 2. The molecule has 0 bridgehead atoms. The Morgan fingerprint density at radius 2 is 1.72 bits per heavy atom. The summed E-state index contributed by atoms with van der Waals surface area (Å²) in [7, 11) is 0. The number of alkyl halides is 3. The van der Waals surface area contributed by atoms with Crippen molar-refractivity contribution in [1.82, 2.24) is 24.4 Å². The van der Waals surface area contributed by atoms with E-state index in [9.17, 15) is 18.0 Å². The molecule has 0 saturated heterocycles. The number of carbonyl (C=O) groups excluding carboxylic acids is 1. The smallest absolute Gasteiger partial charge is 0.370 e. The highest BCUT2D eigenvalue weighted by Gasteiger charge is 2.31. The monoisotopic (exact) mass is 644 g/mol. The van der Waals surface area contributed by atoms with Crippen molar-refractivity contribution in [3.8, 4) is 5.82 Å². The maximum absolute atomic E-state index is 13.2. The van der Waals surface area contributed by atoms with Crippen LogP contribution in [-0.2, 0) is 6.18 Å². The summed E-state index contributed by atoms with van der Waals surface area (Å²) in [5.41, 5.74) is 3.41. The minimum absolute atomic E-state index is 0.0933. The lowest BCUT2D eigenvalue weighted by Crippen LogP contribution is -2.24. The van der Waals surface area contributed by atoms with Crippen LogP contribution in [0, 0.1) is 13.8 Å². The zero-order valence-corrected chi connectivity index (χ0v) is 26.9. The number of anilines is 4. The SMILES string of the molecule is CCN(CC)CCCCNc1ncnc(-n2c(Nc3cc(NC(=O)c4cccc(C(F)(F)F)c4)ccc3C)nc3ccccc32)c1C. The lowest BCUT2D eigenvalue weighted by molar-refractivity contribution is -0.137. The molecule has 0 aliphatic carbocycles. The number of unbranched alkanes of at least 4 members (excludes halogenated alkanes) is 1. The van der Waals surface area contributed by atoms with Crippen molar-refractivity contribution < 1.29 is 18.0 Å². The van der Waals surface area contributed by atoms with Crippen molar-refractivity contribution in [2.45, 2.75) is 46.7 Å². The first-order valence-electron chi connectivity index (χ1n) is 15.7. The second kappa shape index (κ2) is 14.6. The van der Waals surface area contributed by atoms with Gasteiger partial charge in [-0.2, -0.15) is 13.2 Å². The summed E-state index contributed by atoms with van der Waals surface area (Å²) in [5, 5.41) is 9.60. The van der Waals surface area contributed by atoms with E-state index in [4.69, 9.17) is 4.98 Å². The number of carbonyl (C=O) groups is 1. The van der Waals surface area contributed by atoms with Crippen molar-refractivity contribution >= 4 is 40.1 Å². The number of hydrogen-bond donors (Lipinski definition) is 3. The Morgan fingerprint density at radius 3 is 2.49 bits per heavy atom. The van der Waals surface area contributed by atoms with Crippen LogP contribution in [0.5, 0.6) is 0 Å². The Hall–Kier alpha value is -4.97. The van der Waals surface area contributed by atoms with E-state index in [1.54, 1.807) is 12.1 Å². The van der Waals surface area contributed by atoms with Crippen LogP contribution in [0.1, 0.15) is 53.7 Å². The van der Waals surface area contributed by atoms with E-state index in [-0.39, 0.29) is 5.56 Å². The van der Waals surface area contributed by atoms with Crippen LogP contribution in [0.15, 0.2) is 73.1 Å². The first-order chi connectivity index (χ1) is 22.6. The summed E-state index contributed by atoms with van der Waals surface area (Å²) in [4.78, 5) is 29.3. The molecular formula is C35H39F3N8O. The molecule has 2 aromatic heterocycles. The van der Waals surface area contributed by atoms with E-state index in [1.165, 1.54) is 18.5 Å². The van der Waals surface area contributed by atoms with E-state index in [1.807, 2.05) is 48.7 Å². The van der Waals surface area contributed by atoms with Crippen molar-refractivity contribution in [1.29, 1.82) is 0 Å². The molecule has 0 saturated carbocycles. The van der Waals surface area contributed by atoms with Crippen molar-refractivity contribution in [3.05, 3.63) is 95.3 Å². The normalized spacial score (nSPS) is 11.7. The number of aryl methyl sites for hydroxylation is 1. The molecule has 0 fully saturated rings. The maximum Gasteiger partial charge on any atom is 0.416 e. The number of benzene rings is 3. The van der Waals surface area contributed by atoms with Crippen molar-refractivity contribution in [2.24, 2.45) is 0 Å². The van der Waals surface area contributed by atoms with E-state index in [0.29, 0.717) is 23.1 Å². The van der Waals surface area contributed by atoms with Gasteiger partial charge in [-0.1, -0.05) is 38.1 Å². The average molecular weight is 645 g/mol. The summed E-state index contributed by atoms with van der Waals surface area (Å²) in [6, 6.07) is 17.3. The fourth-order valence-electron chi connectivity index (χ4n) is 5.37. The largest absolute Gasteiger partial charge is 0.416 e. The third-order valence-corrected chi connectivity index (χ3v) is 8.11. The topological polar surface area (TPSA) is 100 Å². The third kappa shape index (κ3) is 7.89. The van der Waals surface area contributed by atoms with Gasteiger partial charge in [-0.15, -0.1) is 0 Å². The van der Waals surface area contributed by atoms with Gasteiger partial charge in [0.15, 0.2) is 0 Å². The van der Waals surface area contributed by atoms with Crippen LogP contribution in [0.2, 0.25) is 0 Å². The summed E-state index contributed by atoms with van der Waals surface area (Å²) in [6.45, 7) is 12.2. The van der Waals surface area contributed by atoms with Gasteiger partial charge in [-0.05, 0) is 94.4 Å². The van der Waals surface area contributed by atoms with Crippen LogP contribution in [0.25, 0.3) is 16.9 Å². The van der Waals surface area contributed by atoms with Crippen molar-refractivity contribution in [2.75, 3.05) is 42.1 Å². The number of aromatic nitrogens is 4. The highest BCUT2D eigenvalue weighted by molar-refractivity contribution is 6.04. The molecule has 47 heavy (non-hydrogen) atoms. The fourth-order valence-corrected chi connectivity index (χ4v) is 5.37. The fraction of sp³-hybridized carbons (Fsp3) is 0.314. The van der Waals surface area contributed by atoms with E-state index in [0.717, 1.165) is 79.1 Å². The number of fused-ring (bicyclic) bond motifs is 1. The summed E-state index contributed by atoms with van der Waals surface area (Å²) in [6.07, 6.45) is -0.915.